The molecule has 0 aromatic carbocycles. The molecule has 1 amide bonds. The molecule has 0 unspecified atom stereocenters. The highest BCUT2D eigenvalue weighted by Crippen LogP contribution is 2.32. The number of halogens is 3. The number of hydrogen-bond acceptors (Lipinski definition) is 5. The zero-order valence-electron chi connectivity index (χ0n) is 10.2. The predicted molar refractivity (Wildman–Crippen MR) is 87.9 cm³/mol. The van der Waals surface area contributed by atoms with Gasteiger partial charge in [0.25, 0.3) is 5.91 Å². The van der Waals surface area contributed by atoms with Crippen molar-refractivity contribution in [2.45, 2.75) is 0 Å². The Kier molecular flexibility index (Phi) is 5.74. The number of carbonyl (C=O) groups is 2. The molecule has 0 aliphatic rings. The van der Waals surface area contributed by atoms with Crippen LogP contribution in [0.2, 0.25) is 5.15 Å². The summed E-state index contributed by atoms with van der Waals surface area (Å²) in [5.41, 5.74) is 0.363. The zero-order valence-corrected chi connectivity index (χ0v) is 15.0. The highest BCUT2D eigenvalue weighted by atomic mass is 79.9. The first-order chi connectivity index (χ1) is 9.97. The lowest BCUT2D eigenvalue weighted by molar-refractivity contribution is -0.119. The number of carbonyl (C=O) groups excluding carboxylic acids is 2. The monoisotopic (exact) mass is 452 g/mol. The van der Waals surface area contributed by atoms with E-state index in [0.717, 1.165) is 8.26 Å². The molecule has 0 radical (unpaired) electrons. The van der Waals surface area contributed by atoms with E-state index in [1.54, 1.807) is 18.2 Å². The first kappa shape index (κ1) is 16.4. The molecule has 0 aliphatic heterocycles. The minimum atomic E-state index is -0.571. The van der Waals surface area contributed by atoms with Gasteiger partial charge in [-0.3, -0.25) is 4.79 Å². The fourth-order valence-electron chi connectivity index (χ4n) is 1.31. The second-order valence-corrected chi connectivity index (χ2v) is 7.28. The largest absolute Gasteiger partial charge is 0.451 e. The van der Waals surface area contributed by atoms with Gasteiger partial charge in [0.1, 0.15) is 4.88 Å². The lowest BCUT2D eigenvalue weighted by Crippen LogP contribution is -2.20. The normalized spacial score (nSPS) is 10.2. The van der Waals surface area contributed by atoms with E-state index in [1.807, 2.05) is 0 Å². The van der Waals surface area contributed by atoms with Gasteiger partial charge in [-0.1, -0.05) is 11.6 Å². The Bertz CT molecular complexity index is 673. The topological polar surface area (TPSA) is 68.3 Å². The standard InChI is InChI=1S/C12H7Br2ClN2O3S/c13-6-4-8(21-10(6)14)12(19)20-5-9(18)17-7-2-1-3-16-11(7)15/h1-4H,5H2,(H,17,18). The summed E-state index contributed by atoms with van der Waals surface area (Å²) in [6, 6.07) is 4.85. The van der Waals surface area contributed by atoms with Crippen molar-refractivity contribution in [2.24, 2.45) is 0 Å². The Balaban J connectivity index is 1.89. The SMILES string of the molecule is O=C(COC(=O)c1cc(Br)c(Br)s1)Nc1cccnc1Cl. The van der Waals surface area contributed by atoms with Gasteiger partial charge in [-0.15, -0.1) is 11.3 Å². The van der Waals surface area contributed by atoms with E-state index >= 15 is 0 Å². The third-order valence-electron chi connectivity index (χ3n) is 2.21. The smallest absolute Gasteiger partial charge is 0.348 e. The summed E-state index contributed by atoms with van der Waals surface area (Å²) >= 11 is 13.6. The van der Waals surface area contributed by atoms with Crippen LogP contribution in [0.15, 0.2) is 32.7 Å². The molecule has 110 valence electrons. The molecule has 1 N–H and O–H groups in total. The first-order valence-electron chi connectivity index (χ1n) is 5.49. The Hall–Kier alpha value is -0.960. The van der Waals surface area contributed by atoms with E-state index < -0.39 is 18.5 Å². The van der Waals surface area contributed by atoms with Gasteiger partial charge in [-0.05, 0) is 50.1 Å². The average molecular weight is 455 g/mol. The van der Waals surface area contributed by atoms with Gasteiger partial charge in [0.2, 0.25) is 0 Å². The Morgan fingerprint density at radius 1 is 1.43 bits per heavy atom. The van der Waals surface area contributed by atoms with Crippen molar-refractivity contribution in [1.82, 2.24) is 4.98 Å². The zero-order chi connectivity index (χ0) is 15.4. The van der Waals surface area contributed by atoms with Crippen LogP contribution >= 0.6 is 54.8 Å². The molecule has 21 heavy (non-hydrogen) atoms. The predicted octanol–water partition coefficient (Wildman–Crippen LogP) is 4.12. The number of amides is 1. The molecule has 0 atom stereocenters. The number of anilines is 1. The number of thiophene rings is 1. The summed E-state index contributed by atoms with van der Waals surface area (Å²) < 4.78 is 6.46. The fourth-order valence-corrected chi connectivity index (χ4v) is 3.41. The molecule has 2 aromatic rings. The van der Waals surface area contributed by atoms with Crippen LogP contribution in [0, 0.1) is 0 Å². The molecule has 0 saturated heterocycles. The minimum absolute atomic E-state index is 0.170. The van der Waals surface area contributed by atoms with Gasteiger partial charge in [-0.2, -0.15) is 0 Å². The molecule has 2 rings (SSSR count). The molecule has 9 heteroatoms. The number of pyridine rings is 1. The summed E-state index contributed by atoms with van der Waals surface area (Å²) in [4.78, 5) is 27.7. The van der Waals surface area contributed by atoms with E-state index in [0.29, 0.717) is 10.6 Å². The number of ether oxygens (including phenoxy) is 1. The van der Waals surface area contributed by atoms with Crippen LogP contribution in [0.4, 0.5) is 5.69 Å². The van der Waals surface area contributed by atoms with E-state index in [2.05, 4.69) is 42.2 Å². The quantitative estimate of drug-likeness (QED) is 0.558. The molecular formula is C12H7Br2ClN2O3S. The number of rotatable bonds is 4. The van der Waals surface area contributed by atoms with Crippen LogP contribution in [0.1, 0.15) is 9.67 Å². The molecule has 0 saturated carbocycles. The molecule has 0 aliphatic carbocycles. The van der Waals surface area contributed by atoms with Crippen LogP contribution in [-0.2, 0) is 9.53 Å². The number of hydrogen-bond donors (Lipinski definition) is 1. The van der Waals surface area contributed by atoms with Crippen LogP contribution in [0.3, 0.4) is 0 Å². The van der Waals surface area contributed by atoms with Gasteiger partial charge >= 0.3 is 5.97 Å². The van der Waals surface area contributed by atoms with E-state index in [-0.39, 0.29) is 5.15 Å². The fraction of sp³-hybridized carbons (Fsp3) is 0.0833. The highest BCUT2D eigenvalue weighted by Gasteiger charge is 2.15. The van der Waals surface area contributed by atoms with E-state index in [4.69, 9.17) is 16.3 Å². The molecule has 0 bridgehead atoms. The van der Waals surface area contributed by atoms with E-state index in [9.17, 15) is 9.59 Å². The maximum absolute atomic E-state index is 11.8. The van der Waals surface area contributed by atoms with Crippen molar-refractivity contribution in [3.63, 3.8) is 0 Å². The number of nitrogens with zero attached hydrogens (tertiary/aromatic N) is 1. The lowest BCUT2D eigenvalue weighted by atomic mass is 10.4. The summed E-state index contributed by atoms with van der Waals surface area (Å²) in [6.45, 7) is -0.406. The molecule has 5 nitrogen and oxygen atoms in total. The molecule has 0 spiro atoms. The van der Waals surface area contributed by atoms with Crippen molar-refractivity contribution < 1.29 is 14.3 Å². The number of nitrogens with one attached hydrogen (secondary N) is 1. The number of aromatic nitrogens is 1. The van der Waals surface area contributed by atoms with Crippen molar-refractivity contribution in [1.29, 1.82) is 0 Å². The van der Waals surface area contributed by atoms with Crippen molar-refractivity contribution in [3.05, 3.63) is 42.7 Å². The summed E-state index contributed by atoms with van der Waals surface area (Å²) in [5.74, 6) is -1.06. The average Bonchev–Trinajstić information content (AvgIpc) is 2.79. The van der Waals surface area contributed by atoms with Crippen molar-refractivity contribution in [2.75, 3.05) is 11.9 Å². The number of esters is 1. The van der Waals surface area contributed by atoms with Gasteiger partial charge in [0.15, 0.2) is 11.8 Å². The van der Waals surface area contributed by atoms with E-state index in [1.165, 1.54) is 17.5 Å². The maximum Gasteiger partial charge on any atom is 0.348 e. The summed E-state index contributed by atoms with van der Waals surface area (Å²) in [7, 11) is 0. The van der Waals surface area contributed by atoms with Gasteiger partial charge < -0.3 is 10.1 Å². The lowest BCUT2D eigenvalue weighted by Gasteiger charge is -2.06. The Morgan fingerprint density at radius 3 is 2.81 bits per heavy atom. The molecule has 2 heterocycles. The second-order valence-electron chi connectivity index (χ2n) is 3.70. The van der Waals surface area contributed by atoms with Crippen LogP contribution < -0.4 is 5.32 Å². The van der Waals surface area contributed by atoms with Crippen LogP contribution in [0.25, 0.3) is 0 Å². The second kappa shape index (κ2) is 7.35. The summed E-state index contributed by atoms with van der Waals surface area (Å²) in [6.07, 6.45) is 1.50. The molecule has 0 fully saturated rings. The third kappa shape index (κ3) is 4.50. The van der Waals surface area contributed by atoms with Gasteiger partial charge in [-0.25, -0.2) is 9.78 Å². The summed E-state index contributed by atoms with van der Waals surface area (Å²) in [5, 5.41) is 2.68. The van der Waals surface area contributed by atoms with Crippen molar-refractivity contribution in [3.8, 4) is 0 Å². The molecular weight excluding hydrogens is 447 g/mol. The van der Waals surface area contributed by atoms with Crippen LogP contribution in [0.5, 0.6) is 0 Å². The molecule has 2 aromatic heterocycles. The van der Waals surface area contributed by atoms with Gasteiger partial charge in [0, 0.05) is 10.7 Å². The minimum Gasteiger partial charge on any atom is -0.451 e. The highest BCUT2D eigenvalue weighted by molar-refractivity contribution is 9.13. The Labute approximate surface area is 145 Å². The van der Waals surface area contributed by atoms with Gasteiger partial charge in [0.05, 0.1) is 9.47 Å². The Morgan fingerprint density at radius 2 is 2.19 bits per heavy atom. The maximum atomic E-state index is 11.8. The third-order valence-corrected chi connectivity index (χ3v) is 5.75. The van der Waals surface area contributed by atoms with Crippen molar-refractivity contribution >= 4 is 72.4 Å². The van der Waals surface area contributed by atoms with Crippen LogP contribution in [-0.4, -0.2) is 23.5 Å². The first-order valence-corrected chi connectivity index (χ1v) is 8.27.